The Labute approximate surface area is 140 Å². The number of carbonyl (C=O) groups is 1. The Morgan fingerprint density at radius 1 is 1.16 bits per heavy atom. The lowest BCUT2D eigenvalue weighted by Crippen LogP contribution is -2.04. The van der Waals surface area contributed by atoms with Gasteiger partial charge in [-0.25, -0.2) is 9.78 Å². The molecule has 25 heavy (non-hydrogen) atoms. The molecule has 0 spiro atoms. The third-order valence-corrected chi connectivity index (χ3v) is 3.30. The molecule has 0 unspecified atom stereocenters. The van der Waals surface area contributed by atoms with Crippen molar-refractivity contribution in [2.45, 2.75) is 12.8 Å². The Morgan fingerprint density at radius 3 is 2.72 bits per heavy atom. The van der Waals surface area contributed by atoms with Crippen LogP contribution in [0.4, 0.5) is 13.2 Å². The first kappa shape index (κ1) is 16.8. The molecule has 2 aromatic carbocycles. The van der Waals surface area contributed by atoms with Gasteiger partial charge in [-0.1, -0.05) is 24.3 Å². The van der Waals surface area contributed by atoms with Gasteiger partial charge in [0.2, 0.25) is 5.89 Å². The molecule has 0 aliphatic carbocycles. The van der Waals surface area contributed by atoms with Crippen molar-refractivity contribution in [3.8, 4) is 0 Å². The lowest BCUT2D eigenvalue weighted by molar-refractivity contribution is -0.139. The number of hydrogen-bond donors (Lipinski definition) is 0. The summed E-state index contributed by atoms with van der Waals surface area (Å²) in [6.45, 7) is -0.166. The maximum Gasteiger partial charge on any atom is 0.416 e. The van der Waals surface area contributed by atoms with Crippen molar-refractivity contribution in [1.82, 2.24) is 4.98 Å². The van der Waals surface area contributed by atoms with Crippen LogP contribution in [0.2, 0.25) is 0 Å². The first-order chi connectivity index (χ1) is 11.9. The Hall–Kier alpha value is -3.09. The topological polar surface area (TPSA) is 52.3 Å². The zero-order chi connectivity index (χ0) is 17.9. The fourth-order valence-electron chi connectivity index (χ4n) is 2.15. The molecule has 7 heteroatoms. The molecule has 4 nitrogen and oxygen atoms in total. The Bertz CT molecular complexity index is 895. The summed E-state index contributed by atoms with van der Waals surface area (Å²) < 4.78 is 48.3. The molecule has 0 aliphatic rings. The SMILES string of the molecule is O=C(C=Cc1cccc(C(F)(F)F)c1)OCc1nc2ccccc2o1. The van der Waals surface area contributed by atoms with Crippen molar-refractivity contribution in [1.29, 1.82) is 0 Å². The van der Waals surface area contributed by atoms with E-state index < -0.39 is 17.7 Å². The third-order valence-electron chi connectivity index (χ3n) is 3.30. The predicted molar refractivity (Wildman–Crippen MR) is 84.3 cm³/mol. The Balaban J connectivity index is 1.61. The van der Waals surface area contributed by atoms with Crippen LogP contribution in [-0.4, -0.2) is 11.0 Å². The number of fused-ring (bicyclic) bond motifs is 1. The highest BCUT2D eigenvalue weighted by Gasteiger charge is 2.30. The first-order valence-electron chi connectivity index (χ1n) is 7.28. The summed E-state index contributed by atoms with van der Waals surface area (Å²) in [7, 11) is 0. The second-order valence-corrected chi connectivity index (χ2v) is 5.14. The van der Waals surface area contributed by atoms with Gasteiger partial charge in [0.1, 0.15) is 5.52 Å². The molecule has 0 radical (unpaired) electrons. The average Bonchev–Trinajstić information content (AvgIpc) is 3.00. The van der Waals surface area contributed by atoms with E-state index in [0.29, 0.717) is 11.1 Å². The molecule has 0 aliphatic heterocycles. The number of alkyl halides is 3. The molecule has 1 aromatic heterocycles. The van der Waals surface area contributed by atoms with Crippen LogP contribution in [0.1, 0.15) is 17.0 Å². The highest BCUT2D eigenvalue weighted by Crippen LogP contribution is 2.29. The van der Waals surface area contributed by atoms with Gasteiger partial charge in [-0.15, -0.1) is 0 Å². The first-order valence-corrected chi connectivity index (χ1v) is 7.28. The molecule has 0 amide bonds. The van der Waals surface area contributed by atoms with Crippen molar-refractivity contribution >= 4 is 23.1 Å². The summed E-state index contributed by atoms with van der Waals surface area (Å²) >= 11 is 0. The Morgan fingerprint density at radius 2 is 1.96 bits per heavy atom. The van der Waals surface area contributed by atoms with E-state index in [1.165, 1.54) is 18.2 Å². The maximum atomic E-state index is 12.6. The van der Waals surface area contributed by atoms with Crippen molar-refractivity contribution in [3.05, 3.63) is 71.6 Å². The number of para-hydroxylation sites is 2. The summed E-state index contributed by atoms with van der Waals surface area (Å²) in [5, 5.41) is 0. The van der Waals surface area contributed by atoms with Crippen LogP contribution in [0, 0.1) is 0 Å². The van der Waals surface area contributed by atoms with Crippen LogP contribution < -0.4 is 0 Å². The smallest absolute Gasteiger partial charge is 0.416 e. The van der Waals surface area contributed by atoms with Gasteiger partial charge in [0, 0.05) is 6.08 Å². The molecule has 0 bridgehead atoms. The molecule has 0 saturated carbocycles. The number of ether oxygens (including phenoxy) is 1. The van der Waals surface area contributed by atoms with Crippen molar-refractivity contribution < 1.29 is 27.1 Å². The van der Waals surface area contributed by atoms with Crippen molar-refractivity contribution in [2.24, 2.45) is 0 Å². The van der Waals surface area contributed by atoms with Gasteiger partial charge in [0.15, 0.2) is 12.2 Å². The fraction of sp³-hybridized carbons (Fsp3) is 0.111. The molecule has 3 aromatic rings. The van der Waals surface area contributed by atoms with Crippen LogP contribution >= 0.6 is 0 Å². The van der Waals surface area contributed by atoms with E-state index in [1.54, 1.807) is 24.3 Å². The fourth-order valence-corrected chi connectivity index (χ4v) is 2.15. The van der Waals surface area contributed by atoms with Crippen LogP contribution in [0.15, 0.2) is 59.0 Å². The summed E-state index contributed by atoms with van der Waals surface area (Å²) in [5.74, 6) is -0.471. The lowest BCUT2D eigenvalue weighted by Gasteiger charge is -2.06. The minimum atomic E-state index is -4.43. The minimum absolute atomic E-state index is 0.166. The number of rotatable bonds is 4. The number of carbonyl (C=O) groups excluding carboxylic acids is 1. The second-order valence-electron chi connectivity index (χ2n) is 5.14. The number of nitrogens with zero attached hydrogens (tertiary/aromatic N) is 1. The van der Waals surface area contributed by atoms with E-state index in [-0.39, 0.29) is 18.1 Å². The van der Waals surface area contributed by atoms with Gasteiger partial charge in [0.05, 0.1) is 5.56 Å². The molecule has 128 valence electrons. The quantitative estimate of drug-likeness (QED) is 0.511. The lowest BCUT2D eigenvalue weighted by atomic mass is 10.1. The molecular weight excluding hydrogens is 335 g/mol. The van der Waals surface area contributed by atoms with E-state index in [1.807, 2.05) is 0 Å². The van der Waals surface area contributed by atoms with Gasteiger partial charge in [0.25, 0.3) is 0 Å². The van der Waals surface area contributed by atoms with Gasteiger partial charge < -0.3 is 9.15 Å². The van der Waals surface area contributed by atoms with E-state index >= 15 is 0 Å². The van der Waals surface area contributed by atoms with Crippen LogP contribution in [0.5, 0.6) is 0 Å². The monoisotopic (exact) mass is 347 g/mol. The van der Waals surface area contributed by atoms with E-state index in [0.717, 1.165) is 18.2 Å². The third kappa shape index (κ3) is 4.26. The van der Waals surface area contributed by atoms with E-state index in [9.17, 15) is 18.0 Å². The van der Waals surface area contributed by atoms with Gasteiger partial charge in [-0.3, -0.25) is 0 Å². The average molecular weight is 347 g/mol. The highest BCUT2D eigenvalue weighted by molar-refractivity contribution is 5.87. The minimum Gasteiger partial charge on any atom is -0.453 e. The predicted octanol–water partition coefficient (Wildman–Crippen LogP) is 4.60. The highest BCUT2D eigenvalue weighted by atomic mass is 19.4. The van der Waals surface area contributed by atoms with Crippen LogP contribution in [-0.2, 0) is 22.3 Å². The zero-order valence-electron chi connectivity index (χ0n) is 12.8. The molecule has 1 heterocycles. The number of esters is 1. The Kier molecular flexibility index (Phi) is 4.56. The number of halogens is 3. The van der Waals surface area contributed by atoms with Crippen LogP contribution in [0.25, 0.3) is 17.2 Å². The van der Waals surface area contributed by atoms with Gasteiger partial charge in [-0.2, -0.15) is 13.2 Å². The molecule has 0 atom stereocenters. The summed E-state index contributed by atoms with van der Waals surface area (Å²) in [6, 6.07) is 11.7. The number of benzene rings is 2. The maximum absolute atomic E-state index is 12.6. The molecule has 0 N–H and O–H groups in total. The second kappa shape index (κ2) is 6.80. The number of aromatic nitrogens is 1. The molecule has 3 rings (SSSR count). The van der Waals surface area contributed by atoms with Gasteiger partial charge in [-0.05, 0) is 35.9 Å². The summed E-state index contributed by atoms with van der Waals surface area (Å²) in [6.07, 6.45) is -2.13. The molecule has 0 saturated heterocycles. The summed E-state index contributed by atoms with van der Waals surface area (Å²) in [5.41, 5.74) is 0.684. The number of oxazole rings is 1. The van der Waals surface area contributed by atoms with Crippen molar-refractivity contribution in [3.63, 3.8) is 0 Å². The number of hydrogen-bond acceptors (Lipinski definition) is 4. The molecular formula is C18H12F3NO3. The van der Waals surface area contributed by atoms with Crippen molar-refractivity contribution in [2.75, 3.05) is 0 Å². The van der Waals surface area contributed by atoms with Gasteiger partial charge >= 0.3 is 12.1 Å². The zero-order valence-corrected chi connectivity index (χ0v) is 12.8. The normalized spacial score (nSPS) is 12.0. The summed E-state index contributed by atoms with van der Waals surface area (Å²) in [4.78, 5) is 15.8. The van der Waals surface area contributed by atoms with E-state index in [4.69, 9.17) is 9.15 Å². The van der Waals surface area contributed by atoms with E-state index in [2.05, 4.69) is 4.98 Å². The standard InChI is InChI=1S/C18H12F3NO3/c19-18(20,21)13-5-3-4-12(10-13)8-9-17(23)24-11-16-22-14-6-1-2-7-15(14)25-16/h1-10H,11H2. The molecule has 0 fully saturated rings. The largest absolute Gasteiger partial charge is 0.453 e. The van der Waals surface area contributed by atoms with Crippen LogP contribution in [0.3, 0.4) is 0 Å².